The van der Waals surface area contributed by atoms with E-state index in [4.69, 9.17) is 5.11 Å². The van der Waals surface area contributed by atoms with Crippen LogP contribution < -0.4 is 10.6 Å². The van der Waals surface area contributed by atoms with Gasteiger partial charge in [-0.05, 0) is 23.4 Å². The van der Waals surface area contributed by atoms with E-state index >= 15 is 0 Å². The van der Waals surface area contributed by atoms with E-state index in [1.54, 1.807) is 0 Å². The van der Waals surface area contributed by atoms with Crippen LogP contribution in [-0.2, 0) is 10.5 Å². The Bertz CT molecular complexity index is 420. The molecule has 0 unspecified atom stereocenters. The second-order valence-electron chi connectivity index (χ2n) is 3.86. The molecule has 19 heavy (non-hydrogen) atoms. The summed E-state index contributed by atoms with van der Waals surface area (Å²) in [6.45, 7) is 2.23. The Morgan fingerprint density at radius 2 is 1.95 bits per heavy atom. The minimum atomic E-state index is -0.932. The first-order valence-electron chi connectivity index (χ1n) is 6.05. The molecule has 1 rings (SSSR count). The molecule has 0 atom stereocenters. The van der Waals surface area contributed by atoms with E-state index in [1.165, 1.54) is 5.56 Å². The fourth-order valence-corrected chi connectivity index (χ4v) is 1.99. The molecular formula is C13H18N2O3S. The lowest BCUT2D eigenvalue weighted by atomic mass is 10.2. The summed E-state index contributed by atoms with van der Waals surface area (Å²) in [5, 5.41) is 13.6. The number of rotatable bonds is 7. The summed E-state index contributed by atoms with van der Waals surface area (Å²) in [6, 6.07) is 7.22. The number of carboxylic acid groups (broad SMARTS) is 1. The average molecular weight is 282 g/mol. The quantitative estimate of drug-likeness (QED) is 0.718. The van der Waals surface area contributed by atoms with Crippen LogP contribution >= 0.6 is 11.8 Å². The van der Waals surface area contributed by atoms with Crippen LogP contribution in [0.1, 0.15) is 18.9 Å². The minimum Gasteiger partial charge on any atom is -0.481 e. The first-order valence-corrected chi connectivity index (χ1v) is 7.20. The van der Waals surface area contributed by atoms with Crippen molar-refractivity contribution in [3.63, 3.8) is 0 Å². The summed E-state index contributed by atoms with van der Waals surface area (Å²) in [5.41, 5.74) is 1.90. The van der Waals surface area contributed by atoms with Crippen LogP contribution in [0.3, 0.4) is 0 Å². The fraction of sp³-hybridized carbons (Fsp3) is 0.385. The van der Waals surface area contributed by atoms with Gasteiger partial charge in [-0.3, -0.25) is 4.79 Å². The number of thioether (sulfide) groups is 1. The van der Waals surface area contributed by atoms with Gasteiger partial charge < -0.3 is 15.7 Å². The molecule has 1 aromatic carbocycles. The maximum absolute atomic E-state index is 11.4. The van der Waals surface area contributed by atoms with Gasteiger partial charge in [-0.25, -0.2) is 4.79 Å². The number of benzene rings is 1. The number of carbonyl (C=O) groups excluding carboxylic acids is 1. The van der Waals surface area contributed by atoms with Gasteiger partial charge in [0.25, 0.3) is 0 Å². The Labute approximate surface area is 116 Å². The number of nitrogens with one attached hydrogen (secondary N) is 2. The van der Waals surface area contributed by atoms with Crippen LogP contribution in [-0.4, -0.2) is 29.4 Å². The molecule has 2 amide bonds. The highest BCUT2D eigenvalue weighted by Gasteiger charge is 2.03. The molecule has 5 nitrogen and oxygen atoms in total. The average Bonchev–Trinajstić information content (AvgIpc) is 2.37. The number of aliphatic carboxylic acids is 1. The van der Waals surface area contributed by atoms with Crippen molar-refractivity contribution in [3.05, 3.63) is 29.8 Å². The summed E-state index contributed by atoms with van der Waals surface area (Å²) in [4.78, 5) is 21.7. The predicted molar refractivity (Wildman–Crippen MR) is 77.6 cm³/mol. The number of hydrogen-bond donors (Lipinski definition) is 3. The van der Waals surface area contributed by atoms with Crippen molar-refractivity contribution in [1.82, 2.24) is 5.32 Å². The highest BCUT2D eigenvalue weighted by atomic mass is 32.2. The first kappa shape index (κ1) is 15.4. The Kier molecular flexibility index (Phi) is 6.81. The number of amides is 2. The second kappa shape index (κ2) is 8.42. The van der Waals surface area contributed by atoms with Gasteiger partial charge in [-0.15, -0.1) is 0 Å². The molecule has 0 saturated heterocycles. The van der Waals surface area contributed by atoms with E-state index in [0.717, 1.165) is 11.5 Å². The number of carbonyl (C=O) groups is 2. The van der Waals surface area contributed by atoms with Crippen molar-refractivity contribution in [3.8, 4) is 0 Å². The Hall–Kier alpha value is -1.69. The molecule has 0 fully saturated rings. The minimum absolute atomic E-state index is 0.0827. The second-order valence-corrected chi connectivity index (χ2v) is 5.13. The molecule has 0 aromatic heterocycles. The maximum Gasteiger partial charge on any atom is 0.319 e. The van der Waals surface area contributed by atoms with E-state index in [0.29, 0.717) is 5.69 Å². The van der Waals surface area contributed by atoms with Crippen LogP contribution in [0.5, 0.6) is 0 Å². The largest absolute Gasteiger partial charge is 0.481 e. The van der Waals surface area contributed by atoms with Gasteiger partial charge in [-0.1, -0.05) is 19.1 Å². The van der Waals surface area contributed by atoms with E-state index in [2.05, 4.69) is 17.6 Å². The lowest BCUT2D eigenvalue weighted by Gasteiger charge is -2.07. The van der Waals surface area contributed by atoms with Gasteiger partial charge in [-0.2, -0.15) is 11.8 Å². The number of hydrogen-bond acceptors (Lipinski definition) is 3. The van der Waals surface area contributed by atoms with Crippen LogP contribution in [0.15, 0.2) is 24.3 Å². The zero-order valence-electron chi connectivity index (χ0n) is 10.8. The number of carboxylic acids is 1. The van der Waals surface area contributed by atoms with Gasteiger partial charge in [0.1, 0.15) is 0 Å². The summed E-state index contributed by atoms with van der Waals surface area (Å²) in [6.07, 6.45) is -0.0827. The molecule has 3 N–H and O–H groups in total. The third-order valence-electron chi connectivity index (χ3n) is 2.31. The third-order valence-corrected chi connectivity index (χ3v) is 3.25. The number of urea groups is 1. The summed E-state index contributed by atoms with van der Waals surface area (Å²) in [5.74, 6) is 1.10. The molecule has 1 aromatic rings. The standard InChI is InChI=1S/C13H18N2O3S/c1-2-19-9-10-3-5-11(6-4-10)15-13(18)14-8-7-12(16)17/h3-6H,2,7-9H2,1H3,(H,16,17)(H2,14,15,18). The lowest BCUT2D eigenvalue weighted by Crippen LogP contribution is -2.30. The monoisotopic (exact) mass is 282 g/mol. The summed E-state index contributed by atoms with van der Waals surface area (Å²) >= 11 is 1.84. The van der Waals surface area contributed by atoms with Crippen molar-refractivity contribution < 1.29 is 14.7 Å². The zero-order valence-corrected chi connectivity index (χ0v) is 11.6. The van der Waals surface area contributed by atoms with E-state index in [9.17, 15) is 9.59 Å². The Morgan fingerprint density at radius 1 is 1.26 bits per heavy atom. The molecule has 0 radical (unpaired) electrons. The van der Waals surface area contributed by atoms with Crippen molar-refractivity contribution in [2.75, 3.05) is 17.6 Å². The molecule has 0 heterocycles. The summed E-state index contributed by atoms with van der Waals surface area (Å²) in [7, 11) is 0. The molecule has 0 saturated carbocycles. The highest BCUT2D eigenvalue weighted by molar-refractivity contribution is 7.98. The van der Waals surface area contributed by atoms with Crippen molar-refractivity contribution in [2.24, 2.45) is 0 Å². The van der Waals surface area contributed by atoms with Crippen molar-refractivity contribution in [1.29, 1.82) is 0 Å². The first-order chi connectivity index (χ1) is 9.11. The topological polar surface area (TPSA) is 78.4 Å². The molecule has 0 aliphatic heterocycles. The van der Waals surface area contributed by atoms with E-state index in [1.807, 2.05) is 36.0 Å². The van der Waals surface area contributed by atoms with Crippen LogP contribution in [0, 0.1) is 0 Å². The Balaban J connectivity index is 2.35. The smallest absolute Gasteiger partial charge is 0.319 e. The predicted octanol–water partition coefficient (Wildman–Crippen LogP) is 2.54. The van der Waals surface area contributed by atoms with E-state index in [-0.39, 0.29) is 13.0 Å². The van der Waals surface area contributed by atoms with Gasteiger partial charge >= 0.3 is 12.0 Å². The van der Waals surface area contributed by atoms with Crippen molar-refractivity contribution in [2.45, 2.75) is 19.1 Å². The van der Waals surface area contributed by atoms with Gasteiger partial charge in [0, 0.05) is 18.0 Å². The van der Waals surface area contributed by atoms with Gasteiger partial charge in [0.15, 0.2) is 0 Å². The molecule has 0 aliphatic carbocycles. The Morgan fingerprint density at radius 3 is 2.53 bits per heavy atom. The SMILES string of the molecule is CCSCc1ccc(NC(=O)NCCC(=O)O)cc1. The van der Waals surface area contributed by atoms with E-state index < -0.39 is 12.0 Å². The zero-order chi connectivity index (χ0) is 14.1. The molecule has 6 heteroatoms. The van der Waals surface area contributed by atoms with Gasteiger partial charge in [0.2, 0.25) is 0 Å². The lowest BCUT2D eigenvalue weighted by molar-refractivity contribution is -0.136. The maximum atomic E-state index is 11.4. The van der Waals surface area contributed by atoms with Crippen molar-refractivity contribution >= 4 is 29.4 Å². The van der Waals surface area contributed by atoms with Crippen LogP contribution in [0.4, 0.5) is 10.5 Å². The fourth-order valence-electron chi connectivity index (χ4n) is 1.36. The molecule has 0 spiro atoms. The molecule has 0 bridgehead atoms. The third kappa shape index (κ3) is 6.71. The van der Waals surface area contributed by atoms with Gasteiger partial charge in [0.05, 0.1) is 6.42 Å². The highest BCUT2D eigenvalue weighted by Crippen LogP contribution is 2.14. The molecule has 104 valence electrons. The summed E-state index contributed by atoms with van der Waals surface area (Å²) < 4.78 is 0. The van der Waals surface area contributed by atoms with Crippen LogP contribution in [0.2, 0.25) is 0 Å². The molecule has 0 aliphatic rings. The number of anilines is 1. The van der Waals surface area contributed by atoms with Crippen LogP contribution in [0.25, 0.3) is 0 Å². The normalized spacial score (nSPS) is 9.95. The molecular weight excluding hydrogens is 264 g/mol.